The highest BCUT2D eigenvalue weighted by Crippen LogP contribution is 2.29. The molecule has 21 heavy (non-hydrogen) atoms. The highest BCUT2D eigenvalue weighted by molar-refractivity contribution is 5.96. The first-order valence-corrected chi connectivity index (χ1v) is 8.33. The molecule has 1 saturated heterocycles. The van der Waals surface area contributed by atoms with Gasteiger partial charge in [0.05, 0.1) is 0 Å². The van der Waals surface area contributed by atoms with Crippen molar-refractivity contribution in [3.8, 4) is 0 Å². The number of amides is 2. The number of piperazine rings is 1. The molecule has 2 amide bonds. The fourth-order valence-corrected chi connectivity index (χ4v) is 3.42. The first kappa shape index (κ1) is 16.3. The summed E-state index contributed by atoms with van der Waals surface area (Å²) in [6, 6.07) is -0.667. The lowest BCUT2D eigenvalue weighted by atomic mass is 9.82. The molecule has 2 aliphatic rings. The van der Waals surface area contributed by atoms with Crippen LogP contribution in [0.3, 0.4) is 0 Å². The molecule has 120 valence electrons. The Labute approximate surface area is 127 Å². The minimum absolute atomic E-state index is 0.0124. The zero-order chi connectivity index (χ0) is 15.2. The van der Waals surface area contributed by atoms with Crippen LogP contribution in [0.2, 0.25) is 0 Å². The molecule has 2 fully saturated rings. The molecule has 5 heteroatoms. The van der Waals surface area contributed by atoms with E-state index in [9.17, 15) is 9.59 Å². The van der Waals surface area contributed by atoms with Crippen LogP contribution in [0.5, 0.6) is 0 Å². The summed E-state index contributed by atoms with van der Waals surface area (Å²) in [7, 11) is 0. The second kappa shape index (κ2) is 7.78. The van der Waals surface area contributed by atoms with Crippen LogP contribution in [0.25, 0.3) is 0 Å². The van der Waals surface area contributed by atoms with Crippen molar-refractivity contribution in [2.24, 2.45) is 5.92 Å². The van der Waals surface area contributed by atoms with Gasteiger partial charge in [0.15, 0.2) is 0 Å². The lowest BCUT2D eigenvalue weighted by molar-refractivity contribution is -0.150. The Morgan fingerprint density at radius 2 is 1.95 bits per heavy atom. The maximum Gasteiger partial charge on any atom is 0.246 e. The van der Waals surface area contributed by atoms with E-state index in [1.165, 1.54) is 19.3 Å². The molecule has 1 heterocycles. The molecule has 0 aromatic carbocycles. The molecule has 0 aromatic heterocycles. The summed E-state index contributed by atoms with van der Waals surface area (Å²) >= 11 is 0. The number of nitrogens with one attached hydrogen (secondary N) is 1. The molecule has 1 saturated carbocycles. The predicted molar refractivity (Wildman–Crippen MR) is 80.8 cm³/mol. The number of nitrogens with zero attached hydrogens (tertiary/aromatic N) is 1. The molecular formula is C16H28N2O3. The molecule has 0 bridgehead atoms. The van der Waals surface area contributed by atoms with Gasteiger partial charge in [0.1, 0.15) is 12.1 Å². The van der Waals surface area contributed by atoms with E-state index in [0.29, 0.717) is 25.7 Å². The van der Waals surface area contributed by atoms with Gasteiger partial charge in [-0.3, -0.25) is 9.59 Å². The van der Waals surface area contributed by atoms with Crippen LogP contribution in [0.15, 0.2) is 0 Å². The average molecular weight is 296 g/mol. The molecule has 1 aliphatic carbocycles. The fraction of sp³-hybridized carbons (Fsp3) is 0.875. The van der Waals surface area contributed by atoms with E-state index >= 15 is 0 Å². The summed E-state index contributed by atoms with van der Waals surface area (Å²) in [6.07, 6.45) is 6.48. The second-order valence-corrected chi connectivity index (χ2v) is 6.14. The van der Waals surface area contributed by atoms with Crippen LogP contribution in [0.4, 0.5) is 0 Å². The van der Waals surface area contributed by atoms with Crippen molar-refractivity contribution >= 4 is 11.8 Å². The minimum atomic E-state index is -0.362. The Bertz CT molecular complexity index is 367. The van der Waals surface area contributed by atoms with Gasteiger partial charge in [-0.05, 0) is 39.0 Å². The van der Waals surface area contributed by atoms with Gasteiger partial charge in [-0.25, -0.2) is 0 Å². The third-order valence-corrected chi connectivity index (χ3v) is 4.71. The van der Waals surface area contributed by atoms with Gasteiger partial charge in [0.2, 0.25) is 11.8 Å². The van der Waals surface area contributed by atoms with E-state index < -0.39 is 0 Å². The van der Waals surface area contributed by atoms with Gasteiger partial charge in [-0.2, -0.15) is 0 Å². The molecule has 0 aromatic rings. The molecular weight excluding hydrogens is 268 g/mol. The summed E-state index contributed by atoms with van der Waals surface area (Å²) in [5.74, 6) is 0.407. The quantitative estimate of drug-likeness (QED) is 0.759. The van der Waals surface area contributed by atoms with Crippen molar-refractivity contribution < 1.29 is 14.3 Å². The largest absolute Gasteiger partial charge is 0.382 e. The molecule has 1 aliphatic heterocycles. The summed E-state index contributed by atoms with van der Waals surface area (Å²) in [5, 5.41) is 2.96. The highest BCUT2D eigenvalue weighted by atomic mass is 16.5. The Morgan fingerprint density at radius 1 is 1.24 bits per heavy atom. The van der Waals surface area contributed by atoms with Crippen molar-refractivity contribution in [3.05, 3.63) is 0 Å². The maximum absolute atomic E-state index is 12.7. The van der Waals surface area contributed by atoms with Gasteiger partial charge >= 0.3 is 0 Å². The maximum atomic E-state index is 12.7. The highest BCUT2D eigenvalue weighted by Gasteiger charge is 2.41. The first-order chi connectivity index (χ1) is 10.1. The molecule has 2 atom stereocenters. The molecule has 0 radical (unpaired) electrons. The number of rotatable bonds is 6. The van der Waals surface area contributed by atoms with Gasteiger partial charge in [-0.1, -0.05) is 19.3 Å². The average Bonchev–Trinajstić information content (AvgIpc) is 2.51. The van der Waals surface area contributed by atoms with Gasteiger partial charge < -0.3 is 15.0 Å². The van der Waals surface area contributed by atoms with E-state index in [1.807, 2.05) is 13.8 Å². The van der Waals surface area contributed by atoms with Crippen LogP contribution in [0.1, 0.15) is 52.4 Å². The number of carbonyl (C=O) groups excluding carboxylic acids is 2. The normalized spacial score (nSPS) is 27.8. The minimum Gasteiger partial charge on any atom is -0.382 e. The Morgan fingerprint density at radius 3 is 2.62 bits per heavy atom. The Balaban J connectivity index is 1.97. The standard InChI is InChI=1S/C16H28N2O3/c1-3-21-11-7-10-18-12(2)15(19)17-14(16(18)20)13-8-5-4-6-9-13/h12-14H,3-11H2,1-2H3,(H,17,19). The lowest BCUT2D eigenvalue weighted by Gasteiger charge is -2.41. The van der Waals surface area contributed by atoms with Crippen LogP contribution >= 0.6 is 0 Å². The zero-order valence-corrected chi connectivity index (χ0v) is 13.3. The number of hydrogen-bond donors (Lipinski definition) is 1. The number of carbonyl (C=O) groups is 2. The van der Waals surface area contributed by atoms with Crippen LogP contribution in [-0.2, 0) is 14.3 Å². The van der Waals surface area contributed by atoms with E-state index in [0.717, 1.165) is 19.3 Å². The number of hydrogen-bond acceptors (Lipinski definition) is 3. The van der Waals surface area contributed by atoms with Crippen LogP contribution in [0, 0.1) is 5.92 Å². The van der Waals surface area contributed by atoms with E-state index in [4.69, 9.17) is 4.74 Å². The van der Waals surface area contributed by atoms with Gasteiger partial charge in [0.25, 0.3) is 0 Å². The Kier molecular flexibility index (Phi) is 6.03. The third-order valence-electron chi connectivity index (χ3n) is 4.71. The SMILES string of the molecule is CCOCCCN1C(=O)C(C2CCCCC2)NC(=O)C1C. The van der Waals surface area contributed by atoms with Crippen LogP contribution in [-0.4, -0.2) is 48.6 Å². The first-order valence-electron chi connectivity index (χ1n) is 8.33. The van der Waals surface area contributed by atoms with Crippen molar-refractivity contribution in [3.63, 3.8) is 0 Å². The summed E-state index contributed by atoms with van der Waals surface area (Å²) in [4.78, 5) is 26.6. The fourth-order valence-electron chi connectivity index (χ4n) is 3.42. The van der Waals surface area contributed by atoms with Crippen molar-refractivity contribution in [2.75, 3.05) is 19.8 Å². The van der Waals surface area contributed by atoms with E-state index in [2.05, 4.69) is 5.32 Å². The molecule has 2 unspecified atom stereocenters. The summed E-state index contributed by atoms with van der Waals surface area (Å²) < 4.78 is 5.33. The number of ether oxygens (including phenoxy) is 1. The molecule has 0 spiro atoms. The zero-order valence-electron chi connectivity index (χ0n) is 13.3. The third kappa shape index (κ3) is 3.96. The van der Waals surface area contributed by atoms with Gasteiger partial charge in [-0.15, -0.1) is 0 Å². The summed E-state index contributed by atoms with van der Waals surface area (Å²) in [6.45, 7) is 5.71. The molecule has 2 rings (SSSR count). The van der Waals surface area contributed by atoms with E-state index in [-0.39, 0.29) is 23.9 Å². The van der Waals surface area contributed by atoms with Gasteiger partial charge in [0, 0.05) is 19.8 Å². The van der Waals surface area contributed by atoms with E-state index in [1.54, 1.807) is 4.90 Å². The second-order valence-electron chi connectivity index (χ2n) is 6.14. The Hall–Kier alpha value is -1.10. The molecule has 5 nitrogen and oxygen atoms in total. The van der Waals surface area contributed by atoms with Crippen LogP contribution < -0.4 is 5.32 Å². The van der Waals surface area contributed by atoms with Crippen molar-refractivity contribution in [1.29, 1.82) is 0 Å². The van der Waals surface area contributed by atoms with Crippen molar-refractivity contribution in [2.45, 2.75) is 64.5 Å². The lowest BCUT2D eigenvalue weighted by Crippen LogP contribution is -2.64. The monoisotopic (exact) mass is 296 g/mol. The van der Waals surface area contributed by atoms with Crippen molar-refractivity contribution in [1.82, 2.24) is 10.2 Å². The molecule has 1 N–H and O–H groups in total. The topological polar surface area (TPSA) is 58.6 Å². The summed E-state index contributed by atoms with van der Waals surface area (Å²) in [5.41, 5.74) is 0. The smallest absolute Gasteiger partial charge is 0.246 e. The predicted octanol–water partition coefficient (Wildman–Crippen LogP) is 1.71.